The minimum Gasteiger partial charge on any atom is -0.623 e. The summed E-state index contributed by atoms with van der Waals surface area (Å²) in [7, 11) is 1.20. The molecule has 0 radical (unpaired) electrons. The van der Waals surface area contributed by atoms with Gasteiger partial charge in [-0.25, -0.2) is 4.79 Å². The van der Waals surface area contributed by atoms with Crippen molar-refractivity contribution < 1.29 is 33.3 Å². The molecule has 8 heteroatoms. The Morgan fingerprint density at radius 3 is 2.31 bits per heavy atom. The van der Waals surface area contributed by atoms with Crippen LogP contribution in [0.25, 0.3) is 0 Å². The van der Waals surface area contributed by atoms with E-state index in [2.05, 4.69) is 23.2 Å². The summed E-state index contributed by atoms with van der Waals surface area (Å²) in [6.07, 6.45) is 2.52. The minimum absolute atomic E-state index is 0.00188. The molecule has 0 bridgehead atoms. The molecule has 0 spiro atoms. The fraction of sp³-hybridized carbons (Fsp3) is 0.417. The van der Waals surface area contributed by atoms with Crippen molar-refractivity contribution in [2.24, 2.45) is 5.41 Å². The summed E-state index contributed by atoms with van der Waals surface area (Å²) in [6.45, 7) is 8.54. The van der Waals surface area contributed by atoms with Crippen LogP contribution in [0.15, 0.2) is 36.9 Å². The van der Waals surface area contributed by atoms with Gasteiger partial charge in [0.05, 0.1) is 25.9 Å². The fourth-order valence-electron chi connectivity index (χ4n) is 2.79. The third kappa shape index (κ3) is 6.71. The van der Waals surface area contributed by atoms with Gasteiger partial charge >= 0.3 is 17.9 Å². The maximum atomic E-state index is 12.7. The summed E-state index contributed by atoms with van der Waals surface area (Å²) in [4.78, 5) is 36.9. The molecule has 1 atom stereocenters. The van der Waals surface area contributed by atoms with Gasteiger partial charge in [0.1, 0.15) is 0 Å². The van der Waals surface area contributed by atoms with Gasteiger partial charge < -0.3 is 19.4 Å². The van der Waals surface area contributed by atoms with E-state index in [9.17, 15) is 19.6 Å². The van der Waals surface area contributed by atoms with E-state index in [1.807, 2.05) is 0 Å². The lowest BCUT2D eigenvalue weighted by molar-refractivity contribution is -0.479. The molecule has 0 N–H and O–H groups in total. The number of ether oxygens (including phenoxy) is 3. The van der Waals surface area contributed by atoms with Gasteiger partial charge in [0.25, 0.3) is 6.04 Å². The predicted octanol–water partition coefficient (Wildman–Crippen LogP) is 2.61. The predicted molar refractivity (Wildman–Crippen MR) is 119 cm³/mol. The lowest BCUT2D eigenvalue weighted by Gasteiger charge is -2.26. The van der Waals surface area contributed by atoms with Crippen LogP contribution in [0.4, 0.5) is 0 Å². The third-order valence-corrected chi connectivity index (χ3v) is 4.59. The number of esters is 3. The Hall–Kier alpha value is -3.60. The van der Waals surface area contributed by atoms with Crippen molar-refractivity contribution in [3.8, 4) is 11.8 Å². The zero-order chi connectivity index (χ0) is 24.1. The van der Waals surface area contributed by atoms with E-state index in [-0.39, 0.29) is 26.1 Å². The first-order valence-corrected chi connectivity index (χ1v) is 10.2. The molecule has 1 rings (SSSR count). The average molecular weight is 443 g/mol. The molecule has 0 fully saturated rings. The van der Waals surface area contributed by atoms with Gasteiger partial charge in [-0.15, -0.1) is 6.58 Å². The van der Waals surface area contributed by atoms with Crippen molar-refractivity contribution in [3.05, 3.63) is 53.3 Å². The SMILES string of the molecule is C=CCC(CC#Cc1ccccc1/C=[N+](\[O-])[C@@H](C)C(=O)OC)(C(=O)OCC)C(=O)OCC. The number of nitrogens with zero attached hydrogens (tertiary/aromatic N) is 1. The van der Waals surface area contributed by atoms with Crippen molar-refractivity contribution >= 4 is 24.1 Å². The van der Waals surface area contributed by atoms with Crippen LogP contribution in [0, 0.1) is 22.5 Å². The number of hydroxylamine groups is 1. The van der Waals surface area contributed by atoms with Crippen LogP contribution in [0.3, 0.4) is 0 Å². The lowest BCUT2D eigenvalue weighted by Crippen LogP contribution is -2.41. The summed E-state index contributed by atoms with van der Waals surface area (Å²) in [5, 5.41) is 12.3. The van der Waals surface area contributed by atoms with E-state index in [1.165, 1.54) is 26.3 Å². The Morgan fingerprint density at radius 1 is 1.19 bits per heavy atom. The molecule has 8 nitrogen and oxygen atoms in total. The summed E-state index contributed by atoms with van der Waals surface area (Å²) in [6, 6.07) is 5.75. The van der Waals surface area contributed by atoms with E-state index in [0.29, 0.717) is 15.9 Å². The number of benzene rings is 1. The second-order valence-electron chi connectivity index (χ2n) is 6.77. The van der Waals surface area contributed by atoms with Crippen molar-refractivity contribution in [1.82, 2.24) is 0 Å². The first-order chi connectivity index (χ1) is 15.3. The van der Waals surface area contributed by atoms with Gasteiger partial charge in [-0.1, -0.05) is 30.0 Å². The lowest BCUT2D eigenvalue weighted by atomic mass is 9.81. The molecule has 1 aromatic rings. The molecule has 0 unspecified atom stereocenters. The van der Waals surface area contributed by atoms with E-state index in [1.54, 1.807) is 38.1 Å². The highest BCUT2D eigenvalue weighted by Crippen LogP contribution is 2.31. The molecule has 0 amide bonds. The fourth-order valence-corrected chi connectivity index (χ4v) is 2.79. The Kier molecular flexibility index (Phi) is 10.7. The van der Waals surface area contributed by atoms with E-state index >= 15 is 0 Å². The molecule has 0 heterocycles. The van der Waals surface area contributed by atoms with Crippen molar-refractivity contribution in [3.63, 3.8) is 0 Å². The van der Waals surface area contributed by atoms with Gasteiger partial charge in [-0.2, -0.15) is 4.74 Å². The Labute approximate surface area is 188 Å². The zero-order valence-corrected chi connectivity index (χ0v) is 18.9. The Bertz CT molecular complexity index is 906. The average Bonchev–Trinajstić information content (AvgIpc) is 2.78. The van der Waals surface area contributed by atoms with E-state index in [0.717, 1.165) is 0 Å². The highest BCUT2D eigenvalue weighted by atomic mass is 16.6. The number of carbonyl (C=O) groups is 3. The molecule has 0 saturated carbocycles. The van der Waals surface area contributed by atoms with Gasteiger partial charge in [-0.3, -0.25) is 9.59 Å². The molecular weight excluding hydrogens is 414 g/mol. The molecule has 0 aliphatic heterocycles. The topological polar surface area (TPSA) is 105 Å². The Balaban J connectivity index is 3.33. The maximum absolute atomic E-state index is 12.7. The Morgan fingerprint density at radius 2 is 1.78 bits per heavy atom. The molecule has 0 aliphatic rings. The molecule has 1 aromatic carbocycles. The smallest absolute Gasteiger partial charge is 0.376 e. The van der Waals surface area contributed by atoms with Crippen LogP contribution in [0.5, 0.6) is 0 Å². The van der Waals surface area contributed by atoms with Crippen LogP contribution in [0.1, 0.15) is 44.7 Å². The van der Waals surface area contributed by atoms with Crippen molar-refractivity contribution in [1.29, 1.82) is 0 Å². The summed E-state index contributed by atoms with van der Waals surface area (Å²) in [5.41, 5.74) is -0.693. The monoisotopic (exact) mass is 443 g/mol. The highest BCUT2D eigenvalue weighted by Gasteiger charge is 2.47. The molecule has 0 aliphatic carbocycles. The largest absolute Gasteiger partial charge is 0.623 e. The summed E-state index contributed by atoms with van der Waals surface area (Å²) >= 11 is 0. The third-order valence-electron chi connectivity index (χ3n) is 4.59. The number of rotatable bonds is 10. The quantitative estimate of drug-likeness (QED) is 0.0630. The number of allylic oxidation sites excluding steroid dienone is 1. The van der Waals surface area contributed by atoms with Gasteiger partial charge in [0.2, 0.25) is 0 Å². The summed E-state index contributed by atoms with van der Waals surface area (Å²) in [5.74, 6) is 3.62. The van der Waals surface area contributed by atoms with Gasteiger partial charge in [0, 0.05) is 18.9 Å². The van der Waals surface area contributed by atoms with Crippen LogP contribution in [-0.2, 0) is 28.6 Å². The van der Waals surface area contributed by atoms with Crippen LogP contribution < -0.4 is 0 Å². The highest BCUT2D eigenvalue weighted by molar-refractivity contribution is 6.00. The van der Waals surface area contributed by atoms with E-state index < -0.39 is 29.4 Å². The van der Waals surface area contributed by atoms with Crippen molar-refractivity contribution in [2.75, 3.05) is 20.3 Å². The van der Waals surface area contributed by atoms with Crippen LogP contribution >= 0.6 is 0 Å². The second kappa shape index (κ2) is 13.0. The van der Waals surface area contributed by atoms with Gasteiger partial charge in [-0.05, 0) is 32.4 Å². The number of carbonyl (C=O) groups excluding carboxylic acids is 3. The first-order valence-electron chi connectivity index (χ1n) is 10.2. The number of methoxy groups -OCH3 is 1. The van der Waals surface area contributed by atoms with Crippen LogP contribution in [0.2, 0.25) is 0 Å². The van der Waals surface area contributed by atoms with Crippen molar-refractivity contribution in [2.45, 2.75) is 39.7 Å². The minimum atomic E-state index is -1.64. The van der Waals surface area contributed by atoms with E-state index in [4.69, 9.17) is 9.47 Å². The zero-order valence-electron chi connectivity index (χ0n) is 18.9. The van der Waals surface area contributed by atoms with Crippen LogP contribution in [-0.4, -0.2) is 55.2 Å². The molecule has 172 valence electrons. The molecular formula is C24H29NO7. The molecule has 0 saturated heterocycles. The first kappa shape index (κ1) is 26.4. The van der Waals surface area contributed by atoms with Gasteiger partial charge in [0.15, 0.2) is 11.6 Å². The maximum Gasteiger partial charge on any atom is 0.376 e. The molecule has 32 heavy (non-hydrogen) atoms. The standard InChI is InChI=1S/C24H29NO7/c1-6-15-24(22(27)31-7-2,23(28)32-8-3)16-11-14-19-12-9-10-13-20(19)17-25(29)18(4)21(26)30-5/h6,9-10,12-13,17-18H,1,7-8,15-16H2,2-5H3/b25-17-/t18-/m0/s1. The molecule has 0 aromatic heterocycles. The second-order valence-corrected chi connectivity index (χ2v) is 6.77. The summed E-state index contributed by atoms with van der Waals surface area (Å²) < 4.78 is 15.3. The number of hydrogen-bond donors (Lipinski definition) is 0. The normalized spacial score (nSPS) is 12.1. The number of hydrogen-bond acceptors (Lipinski definition) is 7.